The highest BCUT2D eigenvalue weighted by molar-refractivity contribution is 6.31. The molecule has 1 unspecified atom stereocenters. The molecule has 7 nitrogen and oxygen atoms in total. The lowest BCUT2D eigenvalue weighted by Crippen LogP contribution is -2.25. The van der Waals surface area contributed by atoms with Crippen LogP contribution in [0.1, 0.15) is 13.0 Å². The van der Waals surface area contributed by atoms with Gasteiger partial charge in [0, 0.05) is 10.6 Å². The van der Waals surface area contributed by atoms with E-state index in [1.54, 1.807) is 25.1 Å². The number of benzene rings is 2. The topological polar surface area (TPSA) is 81.9 Å². The van der Waals surface area contributed by atoms with Gasteiger partial charge >= 0.3 is 0 Å². The molecule has 25 heavy (non-hydrogen) atoms. The molecule has 0 fully saturated rings. The molecule has 3 aromatic rings. The zero-order valence-electron chi connectivity index (χ0n) is 13.7. The average molecular weight is 358 g/mol. The lowest BCUT2D eigenvalue weighted by molar-refractivity contribution is -0.119. The van der Waals surface area contributed by atoms with Gasteiger partial charge in [-0.05, 0) is 30.3 Å². The summed E-state index contributed by atoms with van der Waals surface area (Å²) in [5.74, 6) is 0.666. The number of hydrogen-bond acceptors (Lipinski definition) is 5. The van der Waals surface area contributed by atoms with E-state index >= 15 is 0 Å². The van der Waals surface area contributed by atoms with E-state index < -0.39 is 6.04 Å². The van der Waals surface area contributed by atoms with E-state index in [4.69, 9.17) is 16.3 Å². The summed E-state index contributed by atoms with van der Waals surface area (Å²) in [5, 5.41) is 15.5. The molecule has 1 atom stereocenters. The summed E-state index contributed by atoms with van der Waals surface area (Å²) in [6, 6.07) is 13.8. The molecule has 0 aliphatic carbocycles. The third-order valence-electron chi connectivity index (χ3n) is 3.61. The largest absolute Gasteiger partial charge is 0.495 e. The lowest BCUT2D eigenvalue weighted by Gasteiger charge is -2.13. The number of rotatable bonds is 5. The maximum atomic E-state index is 12.5. The van der Waals surface area contributed by atoms with Crippen molar-refractivity contribution in [3.63, 3.8) is 0 Å². The van der Waals surface area contributed by atoms with Gasteiger partial charge in [0.05, 0.1) is 12.8 Å². The first-order chi connectivity index (χ1) is 12.1. The second-order valence-electron chi connectivity index (χ2n) is 5.31. The molecule has 0 aliphatic heterocycles. The van der Waals surface area contributed by atoms with Gasteiger partial charge in [0.2, 0.25) is 5.82 Å². The van der Waals surface area contributed by atoms with Crippen LogP contribution in [0.5, 0.6) is 5.75 Å². The number of tetrazole rings is 1. The molecular weight excluding hydrogens is 342 g/mol. The summed E-state index contributed by atoms with van der Waals surface area (Å²) in [4.78, 5) is 13.8. The number of ether oxygens (including phenoxy) is 1. The van der Waals surface area contributed by atoms with Crippen LogP contribution in [0, 0.1) is 0 Å². The van der Waals surface area contributed by atoms with Crippen molar-refractivity contribution in [2.75, 3.05) is 12.4 Å². The quantitative estimate of drug-likeness (QED) is 0.758. The summed E-state index contributed by atoms with van der Waals surface area (Å²) in [6.45, 7) is 1.68. The Kier molecular flexibility index (Phi) is 4.95. The van der Waals surface area contributed by atoms with E-state index in [0.29, 0.717) is 22.3 Å². The Hall–Kier alpha value is -2.93. The van der Waals surface area contributed by atoms with Crippen LogP contribution >= 0.6 is 11.6 Å². The van der Waals surface area contributed by atoms with Gasteiger partial charge in [0.25, 0.3) is 5.91 Å². The second kappa shape index (κ2) is 7.31. The fraction of sp³-hybridized carbons (Fsp3) is 0.176. The minimum Gasteiger partial charge on any atom is -0.495 e. The molecule has 0 bridgehead atoms. The molecule has 0 spiro atoms. The number of aromatic nitrogens is 4. The fourth-order valence-electron chi connectivity index (χ4n) is 2.21. The molecule has 0 saturated heterocycles. The van der Waals surface area contributed by atoms with Crippen molar-refractivity contribution in [3.8, 4) is 17.1 Å². The van der Waals surface area contributed by atoms with E-state index in [1.807, 2.05) is 30.3 Å². The Bertz CT molecular complexity index is 882. The SMILES string of the molecule is COc1ccc(Cl)cc1NC(=O)C(C)n1nnc(-c2ccccc2)n1. The third kappa shape index (κ3) is 3.77. The summed E-state index contributed by atoms with van der Waals surface area (Å²) in [5.41, 5.74) is 1.31. The van der Waals surface area contributed by atoms with Crippen LogP contribution in [0.15, 0.2) is 48.5 Å². The highest BCUT2D eigenvalue weighted by Crippen LogP contribution is 2.28. The summed E-state index contributed by atoms with van der Waals surface area (Å²) in [7, 11) is 1.52. The van der Waals surface area contributed by atoms with Crippen molar-refractivity contribution in [2.24, 2.45) is 0 Å². The predicted molar refractivity (Wildman–Crippen MR) is 94.6 cm³/mol. The van der Waals surface area contributed by atoms with Gasteiger partial charge in [-0.25, -0.2) is 0 Å². The number of halogens is 1. The normalized spacial score (nSPS) is 11.8. The zero-order valence-corrected chi connectivity index (χ0v) is 14.4. The first kappa shape index (κ1) is 16.9. The van der Waals surface area contributed by atoms with Crippen LogP contribution in [-0.2, 0) is 4.79 Å². The van der Waals surface area contributed by atoms with Gasteiger partial charge in [-0.3, -0.25) is 4.79 Å². The van der Waals surface area contributed by atoms with Crippen LogP contribution in [0.3, 0.4) is 0 Å². The number of carbonyl (C=O) groups is 1. The summed E-state index contributed by atoms with van der Waals surface area (Å²) >= 11 is 5.98. The van der Waals surface area contributed by atoms with E-state index in [9.17, 15) is 4.79 Å². The van der Waals surface area contributed by atoms with Gasteiger partial charge in [-0.2, -0.15) is 4.80 Å². The third-order valence-corrected chi connectivity index (χ3v) is 3.84. The first-order valence-electron chi connectivity index (χ1n) is 7.58. The Morgan fingerprint density at radius 1 is 1.24 bits per heavy atom. The van der Waals surface area contributed by atoms with Gasteiger partial charge in [-0.15, -0.1) is 10.2 Å². The van der Waals surface area contributed by atoms with Crippen molar-refractivity contribution < 1.29 is 9.53 Å². The molecule has 0 aliphatic rings. The van der Waals surface area contributed by atoms with Crippen molar-refractivity contribution >= 4 is 23.2 Å². The minimum atomic E-state index is -0.659. The van der Waals surface area contributed by atoms with E-state index in [1.165, 1.54) is 11.9 Å². The number of amides is 1. The minimum absolute atomic E-state index is 0.308. The first-order valence-corrected chi connectivity index (χ1v) is 7.95. The Morgan fingerprint density at radius 3 is 2.72 bits per heavy atom. The van der Waals surface area contributed by atoms with Crippen molar-refractivity contribution in [1.82, 2.24) is 20.2 Å². The molecule has 0 saturated carbocycles. The number of anilines is 1. The van der Waals surface area contributed by atoms with Crippen LogP contribution in [0.4, 0.5) is 5.69 Å². The molecule has 1 aromatic heterocycles. The van der Waals surface area contributed by atoms with Gasteiger partial charge in [-0.1, -0.05) is 41.9 Å². The number of methoxy groups -OCH3 is 1. The maximum Gasteiger partial charge on any atom is 0.250 e. The van der Waals surface area contributed by atoms with Crippen LogP contribution in [0.25, 0.3) is 11.4 Å². The van der Waals surface area contributed by atoms with Gasteiger partial charge in [0.1, 0.15) is 11.8 Å². The van der Waals surface area contributed by atoms with Crippen LogP contribution in [-0.4, -0.2) is 33.2 Å². The number of nitrogens with zero attached hydrogens (tertiary/aromatic N) is 4. The molecule has 0 radical (unpaired) electrons. The fourth-order valence-corrected chi connectivity index (χ4v) is 2.38. The molecule has 1 heterocycles. The molecule has 8 heteroatoms. The molecule has 1 amide bonds. The van der Waals surface area contributed by atoms with Crippen molar-refractivity contribution in [1.29, 1.82) is 0 Å². The average Bonchev–Trinajstić information content (AvgIpc) is 3.12. The van der Waals surface area contributed by atoms with Crippen molar-refractivity contribution in [2.45, 2.75) is 13.0 Å². The maximum absolute atomic E-state index is 12.5. The van der Waals surface area contributed by atoms with Crippen LogP contribution in [0.2, 0.25) is 5.02 Å². The van der Waals surface area contributed by atoms with E-state index in [-0.39, 0.29) is 5.91 Å². The Balaban J connectivity index is 1.77. The molecular formula is C17H16ClN5O2. The standard InChI is InChI=1S/C17H16ClN5O2/c1-11(17(24)19-14-10-13(18)8-9-15(14)25-2)23-21-16(20-22-23)12-6-4-3-5-7-12/h3-11H,1-2H3,(H,19,24). The van der Waals surface area contributed by atoms with E-state index in [2.05, 4.69) is 20.7 Å². The zero-order chi connectivity index (χ0) is 17.8. The monoisotopic (exact) mass is 357 g/mol. The highest BCUT2D eigenvalue weighted by atomic mass is 35.5. The molecule has 1 N–H and O–H groups in total. The highest BCUT2D eigenvalue weighted by Gasteiger charge is 2.20. The van der Waals surface area contributed by atoms with Gasteiger partial charge < -0.3 is 10.1 Å². The number of nitrogens with one attached hydrogen (secondary N) is 1. The number of carbonyl (C=O) groups excluding carboxylic acids is 1. The van der Waals surface area contributed by atoms with E-state index in [0.717, 1.165) is 5.56 Å². The summed E-state index contributed by atoms with van der Waals surface area (Å²) < 4.78 is 5.22. The van der Waals surface area contributed by atoms with Crippen molar-refractivity contribution in [3.05, 3.63) is 53.6 Å². The smallest absolute Gasteiger partial charge is 0.250 e. The van der Waals surface area contributed by atoms with Gasteiger partial charge in [0.15, 0.2) is 0 Å². The predicted octanol–water partition coefficient (Wildman–Crippen LogP) is 3.20. The lowest BCUT2D eigenvalue weighted by atomic mass is 10.2. The molecule has 2 aromatic carbocycles. The summed E-state index contributed by atoms with van der Waals surface area (Å²) in [6.07, 6.45) is 0. The molecule has 3 rings (SSSR count). The molecule has 128 valence electrons. The Morgan fingerprint density at radius 2 is 2.00 bits per heavy atom. The number of hydrogen-bond donors (Lipinski definition) is 1. The Labute approximate surface area is 149 Å². The van der Waals surface area contributed by atoms with Crippen LogP contribution < -0.4 is 10.1 Å². The second-order valence-corrected chi connectivity index (χ2v) is 5.75.